The van der Waals surface area contributed by atoms with Gasteiger partial charge < -0.3 is 4.42 Å². The van der Waals surface area contributed by atoms with Crippen molar-refractivity contribution in [2.75, 3.05) is 0 Å². The molecule has 0 atom stereocenters. The van der Waals surface area contributed by atoms with E-state index < -0.39 is 0 Å². The summed E-state index contributed by atoms with van der Waals surface area (Å²) < 4.78 is 6.88. The molecule has 3 aromatic heterocycles. The Labute approximate surface area is 319 Å². The summed E-state index contributed by atoms with van der Waals surface area (Å²) in [5, 5.41) is 2.19. The van der Waals surface area contributed by atoms with Crippen molar-refractivity contribution < 1.29 is 4.42 Å². The van der Waals surface area contributed by atoms with E-state index in [1.54, 1.807) is 0 Å². The first-order valence-electron chi connectivity index (χ1n) is 18.5. The Morgan fingerprint density at radius 2 is 0.782 bits per heavy atom. The van der Waals surface area contributed by atoms with Crippen LogP contribution in [0.4, 0.5) is 0 Å². The van der Waals surface area contributed by atoms with Gasteiger partial charge in [-0.1, -0.05) is 158 Å². The van der Waals surface area contributed by atoms with E-state index in [0.29, 0.717) is 0 Å². The Morgan fingerprint density at radius 3 is 1.40 bits per heavy atom. The van der Waals surface area contributed by atoms with Gasteiger partial charge >= 0.3 is 0 Å². The van der Waals surface area contributed by atoms with Crippen molar-refractivity contribution in [3.05, 3.63) is 207 Å². The van der Waals surface area contributed by atoms with Gasteiger partial charge in [-0.3, -0.25) is 4.98 Å². The lowest BCUT2D eigenvalue weighted by Crippen LogP contribution is -1.93. The molecule has 0 spiro atoms. The van der Waals surface area contributed by atoms with E-state index in [1.807, 2.05) is 30.6 Å². The predicted octanol–water partition coefficient (Wildman–Crippen LogP) is 14.0. The summed E-state index contributed by atoms with van der Waals surface area (Å²) in [6.45, 7) is 0. The molecular weight excluding hydrogens is 669 g/mol. The normalized spacial score (nSPS) is 11.3. The van der Waals surface area contributed by atoms with Crippen LogP contribution in [0.2, 0.25) is 0 Å². The topological polar surface area (TPSA) is 38.9 Å². The molecule has 0 saturated carbocycles. The molecule has 0 saturated heterocycles. The number of hydrogen-bond acceptors (Lipinski definition) is 3. The van der Waals surface area contributed by atoms with Crippen LogP contribution < -0.4 is 0 Å². The third-order valence-corrected chi connectivity index (χ3v) is 10.4. The molecule has 0 bridgehead atoms. The molecule has 3 heteroatoms. The number of furan rings is 1. The van der Waals surface area contributed by atoms with Crippen LogP contribution in [0.25, 0.3) is 100 Å². The maximum atomic E-state index is 6.88. The smallest absolute Gasteiger partial charge is 0.143 e. The first-order chi connectivity index (χ1) is 27.2. The Morgan fingerprint density at radius 1 is 0.309 bits per heavy atom. The van der Waals surface area contributed by atoms with E-state index in [1.165, 1.54) is 11.1 Å². The molecule has 258 valence electrons. The molecule has 10 rings (SSSR count). The van der Waals surface area contributed by atoms with Gasteiger partial charge in [-0.25, -0.2) is 4.98 Å². The van der Waals surface area contributed by atoms with Crippen LogP contribution in [0.15, 0.2) is 211 Å². The third-order valence-electron chi connectivity index (χ3n) is 10.4. The lowest BCUT2D eigenvalue weighted by Gasteiger charge is -2.14. The number of fused-ring (bicyclic) bond motifs is 3. The molecule has 0 fully saturated rings. The second-order valence-corrected chi connectivity index (χ2v) is 13.8. The summed E-state index contributed by atoms with van der Waals surface area (Å²) >= 11 is 0. The van der Waals surface area contributed by atoms with Gasteiger partial charge in [0.2, 0.25) is 0 Å². The standard InChI is InChI=1S/C52H34N2O/c1-4-13-35(14-5-1)36-24-26-37(27-25-36)42-32-49(39-17-8-3-9-18-39)54-50(33-42)44-30-41(40-19-12-28-53-34-40)29-43(31-44)46-21-11-23-48-47-22-10-20-45(51(47)55-52(46)48)38-15-6-2-7-16-38/h1-34H. The molecule has 0 aliphatic rings. The number of benzene rings is 7. The molecule has 0 radical (unpaired) electrons. The van der Waals surface area contributed by atoms with E-state index in [-0.39, 0.29) is 0 Å². The van der Waals surface area contributed by atoms with Gasteiger partial charge in [0.15, 0.2) is 0 Å². The van der Waals surface area contributed by atoms with Crippen molar-refractivity contribution in [2.45, 2.75) is 0 Å². The van der Waals surface area contributed by atoms with Crippen molar-refractivity contribution in [1.29, 1.82) is 0 Å². The van der Waals surface area contributed by atoms with E-state index in [2.05, 4.69) is 181 Å². The molecule has 0 aliphatic carbocycles. The molecule has 10 aromatic rings. The van der Waals surface area contributed by atoms with Gasteiger partial charge in [-0.2, -0.15) is 0 Å². The highest BCUT2D eigenvalue weighted by atomic mass is 16.3. The average Bonchev–Trinajstić information content (AvgIpc) is 3.67. The summed E-state index contributed by atoms with van der Waals surface area (Å²) in [4.78, 5) is 9.82. The first kappa shape index (κ1) is 32.3. The third kappa shape index (κ3) is 6.18. The van der Waals surface area contributed by atoms with Crippen molar-refractivity contribution in [2.24, 2.45) is 0 Å². The lowest BCUT2D eigenvalue weighted by molar-refractivity contribution is 0.671. The number of aromatic nitrogens is 2. The fraction of sp³-hybridized carbons (Fsp3) is 0. The lowest BCUT2D eigenvalue weighted by atomic mass is 9.93. The average molecular weight is 703 g/mol. The quantitative estimate of drug-likeness (QED) is 0.166. The molecule has 0 aliphatic heterocycles. The highest BCUT2D eigenvalue weighted by Crippen LogP contribution is 2.42. The van der Waals surface area contributed by atoms with Crippen LogP contribution in [-0.4, -0.2) is 9.97 Å². The van der Waals surface area contributed by atoms with E-state index >= 15 is 0 Å². The molecule has 7 aromatic carbocycles. The summed E-state index contributed by atoms with van der Waals surface area (Å²) in [7, 11) is 0. The van der Waals surface area contributed by atoms with Crippen molar-refractivity contribution in [1.82, 2.24) is 9.97 Å². The second kappa shape index (κ2) is 13.9. The highest BCUT2D eigenvalue weighted by Gasteiger charge is 2.18. The van der Waals surface area contributed by atoms with Crippen LogP contribution in [0, 0.1) is 0 Å². The number of hydrogen-bond donors (Lipinski definition) is 0. The highest BCUT2D eigenvalue weighted by molar-refractivity contribution is 6.13. The van der Waals surface area contributed by atoms with Gasteiger partial charge in [0, 0.05) is 51.0 Å². The van der Waals surface area contributed by atoms with Gasteiger partial charge in [0.1, 0.15) is 11.2 Å². The fourth-order valence-electron chi connectivity index (χ4n) is 7.61. The molecule has 3 heterocycles. The number of pyridine rings is 2. The minimum absolute atomic E-state index is 0.861. The minimum Gasteiger partial charge on any atom is -0.455 e. The van der Waals surface area contributed by atoms with Gasteiger partial charge in [0.25, 0.3) is 0 Å². The summed E-state index contributed by atoms with van der Waals surface area (Å²) in [5.74, 6) is 0. The van der Waals surface area contributed by atoms with E-state index in [0.717, 1.165) is 89.0 Å². The predicted molar refractivity (Wildman–Crippen MR) is 227 cm³/mol. The van der Waals surface area contributed by atoms with Crippen molar-refractivity contribution >= 4 is 21.9 Å². The van der Waals surface area contributed by atoms with Gasteiger partial charge in [-0.05, 0) is 75.3 Å². The Kier molecular flexibility index (Phi) is 8.16. The van der Waals surface area contributed by atoms with Crippen LogP contribution in [0.3, 0.4) is 0 Å². The molecule has 0 amide bonds. The van der Waals surface area contributed by atoms with Crippen LogP contribution in [0.5, 0.6) is 0 Å². The van der Waals surface area contributed by atoms with E-state index in [4.69, 9.17) is 9.40 Å². The zero-order valence-corrected chi connectivity index (χ0v) is 29.9. The number of para-hydroxylation sites is 2. The van der Waals surface area contributed by atoms with Gasteiger partial charge in [0.05, 0.1) is 11.4 Å². The SMILES string of the molecule is c1ccc(-c2ccc(-c3cc(-c4ccccc4)nc(-c4cc(-c5cccnc5)cc(-c5cccc6c5oc5c(-c7ccccc7)cccc56)c4)c3)cc2)cc1. The molecular formula is C52H34N2O. The number of nitrogens with zero attached hydrogens (tertiary/aromatic N) is 2. The Hall–Kier alpha value is -7.36. The largest absolute Gasteiger partial charge is 0.455 e. The Balaban J connectivity index is 1.17. The maximum Gasteiger partial charge on any atom is 0.143 e. The maximum absolute atomic E-state index is 6.88. The summed E-state index contributed by atoms with van der Waals surface area (Å²) in [6, 6.07) is 68.3. The second-order valence-electron chi connectivity index (χ2n) is 13.8. The molecule has 55 heavy (non-hydrogen) atoms. The number of rotatable bonds is 7. The zero-order chi connectivity index (χ0) is 36.6. The van der Waals surface area contributed by atoms with E-state index in [9.17, 15) is 0 Å². The molecule has 0 N–H and O–H groups in total. The zero-order valence-electron chi connectivity index (χ0n) is 29.9. The van der Waals surface area contributed by atoms with Crippen molar-refractivity contribution in [3.63, 3.8) is 0 Å². The first-order valence-corrected chi connectivity index (χ1v) is 18.5. The molecule has 0 unspecified atom stereocenters. The summed E-state index contributed by atoms with van der Waals surface area (Å²) in [6.07, 6.45) is 3.73. The van der Waals surface area contributed by atoms with Crippen LogP contribution in [-0.2, 0) is 0 Å². The minimum atomic E-state index is 0.861. The monoisotopic (exact) mass is 702 g/mol. The Bertz CT molecular complexity index is 2940. The fourth-order valence-corrected chi connectivity index (χ4v) is 7.61. The van der Waals surface area contributed by atoms with Crippen LogP contribution >= 0.6 is 0 Å². The van der Waals surface area contributed by atoms with Gasteiger partial charge in [-0.15, -0.1) is 0 Å². The van der Waals surface area contributed by atoms with Crippen molar-refractivity contribution in [3.8, 4) is 78.1 Å². The summed E-state index contributed by atoms with van der Waals surface area (Å²) in [5.41, 5.74) is 16.6. The molecule has 3 nitrogen and oxygen atoms in total. The van der Waals surface area contributed by atoms with Crippen LogP contribution in [0.1, 0.15) is 0 Å².